The number of para-hydroxylation sites is 1. The molecule has 2 heterocycles. The number of benzene rings is 2. The molecule has 0 aliphatic carbocycles. The van der Waals surface area contributed by atoms with Gasteiger partial charge in [0.15, 0.2) is 25.9 Å². The molecule has 37 heavy (non-hydrogen) atoms. The lowest BCUT2D eigenvalue weighted by Crippen LogP contribution is -2.15. The number of thioether (sulfide) groups is 1. The predicted octanol–water partition coefficient (Wildman–Crippen LogP) is 3.53. The van der Waals surface area contributed by atoms with E-state index in [0.717, 1.165) is 11.8 Å². The van der Waals surface area contributed by atoms with Gasteiger partial charge in [-0.1, -0.05) is 48.2 Å². The molecule has 13 heteroatoms. The molecule has 1 N–H and O–H groups in total. The summed E-state index contributed by atoms with van der Waals surface area (Å²) < 4.78 is 32.5. The van der Waals surface area contributed by atoms with Gasteiger partial charge >= 0.3 is 5.97 Å². The molecule has 0 unspecified atom stereocenters. The van der Waals surface area contributed by atoms with Crippen LogP contribution in [0.15, 0.2) is 76.1 Å². The number of sulfone groups is 1. The molecule has 0 saturated carbocycles. The number of hydrogen-bond acceptors (Lipinski definition) is 10. The van der Waals surface area contributed by atoms with Crippen molar-refractivity contribution >= 4 is 49.9 Å². The Morgan fingerprint density at radius 1 is 1.05 bits per heavy atom. The largest absolute Gasteiger partial charge is 0.466 e. The first kappa shape index (κ1) is 26.5. The molecule has 0 saturated heterocycles. The van der Waals surface area contributed by atoms with Crippen LogP contribution in [0.1, 0.15) is 18.4 Å². The van der Waals surface area contributed by atoms with E-state index in [1.54, 1.807) is 35.1 Å². The number of nitrogens with zero attached hydrogens (tertiary/aromatic N) is 4. The zero-order valence-electron chi connectivity index (χ0n) is 19.7. The molecule has 0 aliphatic heterocycles. The van der Waals surface area contributed by atoms with Crippen molar-refractivity contribution in [3.63, 3.8) is 0 Å². The Hall–Kier alpha value is -3.55. The van der Waals surface area contributed by atoms with Crippen LogP contribution in [0.2, 0.25) is 0 Å². The van der Waals surface area contributed by atoms with E-state index in [-0.39, 0.29) is 47.1 Å². The van der Waals surface area contributed by atoms with Crippen molar-refractivity contribution in [2.24, 2.45) is 0 Å². The monoisotopic (exact) mass is 557 g/mol. The fraction of sp³-hybridized carbons (Fsp3) is 0.208. The summed E-state index contributed by atoms with van der Waals surface area (Å²) in [6.07, 6.45) is 0.0316. The highest BCUT2D eigenvalue weighted by Gasteiger charge is 2.23. The summed E-state index contributed by atoms with van der Waals surface area (Å²) in [4.78, 5) is 28.6. The van der Waals surface area contributed by atoms with Gasteiger partial charge in [-0.25, -0.2) is 13.4 Å². The molecule has 10 nitrogen and oxygen atoms in total. The number of ether oxygens (including phenoxy) is 1. The molecule has 0 fully saturated rings. The van der Waals surface area contributed by atoms with Crippen molar-refractivity contribution in [3.8, 4) is 5.69 Å². The van der Waals surface area contributed by atoms with E-state index in [2.05, 4.69) is 20.5 Å². The van der Waals surface area contributed by atoms with Crippen molar-refractivity contribution in [1.29, 1.82) is 0 Å². The topological polar surface area (TPSA) is 133 Å². The third-order valence-corrected chi connectivity index (χ3v) is 8.26. The smallest absolute Gasteiger partial charge is 0.311 e. The van der Waals surface area contributed by atoms with Gasteiger partial charge in [0.2, 0.25) is 5.91 Å². The Morgan fingerprint density at radius 2 is 1.76 bits per heavy atom. The zero-order valence-corrected chi connectivity index (χ0v) is 22.2. The molecule has 0 radical (unpaired) electrons. The Labute approximate surface area is 222 Å². The number of esters is 1. The summed E-state index contributed by atoms with van der Waals surface area (Å²) in [6, 6.07) is 17.3. The van der Waals surface area contributed by atoms with Gasteiger partial charge in [-0.2, -0.15) is 0 Å². The van der Waals surface area contributed by atoms with Gasteiger partial charge in [0.1, 0.15) is 5.75 Å². The number of anilines is 1. The van der Waals surface area contributed by atoms with Gasteiger partial charge in [0, 0.05) is 11.1 Å². The average molecular weight is 558 g/mol. The molecule has 192 valence electrons. The van der Waals surface area contributed by atoms with Crippen LogP contribution in [0.3, 0.4) is 0 Å². The highest BCUT2D eigenvalue weighted by atomic mass is 32.2. The van der Waals surface area contributed by atoms with E-state index in [0.29, 0.717) is 21.7 Å². The Kier molecular flexibility index (Phi) is 8.69. The van der Waals surface area contributed by atoms with Gasteiger partial charge in [-0.3, -0.25) is 14.2 Å². The Balaban J connectivity index is 1.47. The molecular weight excluding hydrogens is 534 g/mol. The number of amides is 1. The molecule has 4 aromatic rings. The Morgan fingerprint density at radius 3 is 2.46 bits per heavy atom. The van der Waals surface area contributed by atoms with Crippen LogP contribution in [-0.2, 0) is 36.3 Å². The minimum absolute atomic E-state index is 0.0107. The maximum absolute atomic E-state index is 13.0. The van der Waals surface area contributed by atoms with Gasteiger partial charge in [0.05, 0.1) is 29.4 Å². The molecule has 2 aromatic carbocycles. The van der Waals surface area contributed by atoms with E-state index in [1.165, 1.54) is 23.5 Å². The zero-order chi connectivity index (χ0) is 26.3. The van der Waals surface area contributed by atoms with Crippen LogP contribution in [0, 0.1) is 0 Å². The maximum Gasteiger partial charge on any atom is 0.311 e. The van der Waals surface area contributed by atoms with Crippen LogP contribution in [0.4, 0.5) is 5.13 Å². The quantitative estimate of drug-likeness (QED) is 0.217. The summed E-state index contributed by atoms with van der Waals surface area (Å²) in [5.74, 6) is -0.840. The van der Waals surface area contributed by atoms with E-state index in [1.807, 2.05) is 30.3 Å². The second-order valence-electron chi connectivity index (χ2n) is 7.60. The first-order chi connectivity index (χ1) is 17.9. The number of carbonyl (C=O) groups excluding carboxylic acids is 2. The van der Waals surface area contributed by atoms with Crippen LogP contribution >= 0.6 is 23.1 Å². The molecule has 0 bridgehead atoms. The number of aromatic nitrogens is 4. The molecule has 0 atom stereocenters. The maximum atomic E-state index is 13.0. The fourth-order valence-corrected chi connectivity index (χ4v) is 6.06. The first-order valence-corrected chi connectivity index (χ1v) is 14.7. The highest BCUT2D eigenvalue weighted by Crippen LogP contribution is 2.25. The number of hydrogen-bond donors (Lipinski definition) is 1. The standard InChI is InChI=1S/C24H23N5O5S3/c1-2-34-22(31)13-17-14-35-23(25-17)26-21(30)15-36-24-28-27-20(29(24)18-9-5-3-6-10-18)16-37(32,33)19-11-7-4-8-12-19/h3-12,14H,2,13,15-16H2,1H3,(H,25,26,30). The van der Waals surface area contributed by atoms with Crippen molar-refractivity contribution < 1.29 is 22.7 Å². The lowest BCUT2D eigenvalue weighted by atomic mass is 10.3. The molecule has 4 rings (SSSR count). The minimum atomic E-state index is -3.66. The van der Waals surface area contributed by atoms with Crippen molar-refractivity contribution in [3.05, 3.63) is 77.6 Å². The van der Waals surface area contributed by atoms with E-state index in [9.17, 15) is 18.0 Å². The summed E-state index contributed by atoms with van der Waals surface area (Å²) in [5.41, 5.74) is 1.19. The predicted molar refractivity (Wildman–Crippen MR) is 140 cm³/mol. The third kappa shape index (κ3) is 7.02. The van der Waals surface area contributed by atoms with E-state index in [4.69, 9.17) is 4.74 Å². The second-order valence-corrected chi connectivity index (χ2v) is 11.4. The van der Waals surface area contributed by atoms with Gasteiger partial charge < -0.3 is 10.1 Å². The molecule has 2 aromatic heterocycles. The first-order valence-electron chi connectivity index (χ1n) is 11.2. The van der Waals surface area contributed by atoms with E-state index >= 15 is 0 Å². The van der Waals surface area contributed by atoms with Gasteiger partial charge in [-0.15, -0.1) is 21.5 Å². The summed E-state index contributed by atoms with van der Waals surface area (Å²) in [7, 11) is -3.66. The van der Waals surface area contributed by atoms with Crippen molar-refractivity contribution in [2.75, 3.05) is 17.7 Å². The lowest BCUT2D eigenvalue weighted by Gasteiger charge is -2.10. The molecule has 0 spiro atoms. The van der Waals surface area contributed by atoms with Gasteiger partial charge in [-0.05, 0) is 31.2 Å². The van der Waals surface area contributed by atoms with E-state index < -0.39 is 9.84 Å². The normalized spacial score (nSPS) is 11.3. The molecular formula is C24H23N5O5S3. The van der Waals surface area contributed by atoms with Crippen LogP contribution < -0.4 is 5.32 Å². The molecule has 1 amide bonds. The number of nitrogens with one attached hydrogen (secondary N) is 1. The summed E-state index contributed by atoms with van der Waals surface area (Å²) in [6.45, 7) is 2.02. The van der Waals surface area contributed by atoms with Gasteiger partial charge in [0.25, 0.3) is 0 Å². The van der Waals surface area contributed by atoms with Crippen molar-refractivity contribution in [2.45, 2.75) is 29.1 Å². The van der Waals surface area contributed by atoms with Crippen LogP contribution in [-0.4, -0.2) is 52.4 Å². The third-order valence-electron chi connectivity index (χ3n) is 4.90. The summed E-state index contributed by atoms with van der Waals surface area (Å²) in [5, 5.41) is 13.4. The second kappa shape index (κ2) is 12.1. The number of rotatable bonds is 11. The van der Waals surface area contributed by atoms with Crippen LogP contribution in [0.25, 0.3) is 5.69 Å². The Bertz CT molecular complexity index is 1470. The van der Waals surface area contributed by atoms with Crippen molar-refractivity contribution in [1.82, 2.24) is 19.7 Å². The highest BCUT2D eigenvalue weighted by molar-refractivity contribution is 7.99. The van der Waals surface area contributed by atoms with Crippen LogP contribution in [0.5, 0.6) is 0 Å². The number of thiazole rings is 1. The molecule has 0 aliphatic rings. The SMILES string of the molecule is CCOC(=O)Cc1csc(NC(=O)CSc2nnc(CS(=O)(=O)c3ccccc3)n2-c2ccccc2)n1. The number of carbonyl (C=O) groups is 2. The summed E-state index contributed by atoms with van der Waals surface area (Å²) >= 11 is 2.33. The lowest BCUT2D eigenvalue weighted by molar-refractivity contribution is -0.142. The minimum Gasteiger partial charge on any atom is -0.466 e. The fourth-order valence-electron chi connectivity index (χ4n) is 3.30. The average Bonchev–Trinajstić information content (AvgIpc) is 3.49.